The van der Waals surface area contributed by atoms with Gasteiger partial charge in [0.05, 0.1) is 11.1 Å². The van der Waals surface area contributed by atoms with Gasteiger partial charge in [0.15, 0.2) is 0 Å². The maximum Gasteiger partial charge on any atom is 0.261 e. The van der Waals surface area contributed by atoms with Gasteiger partial charge in [-0.3, -0.25) is 24.1 Å². The minimum absolute atomic E-state index is 0. The molecule has 1 aromatic carbocycles. The van der Waals surface area contributed by atoms with Crippen LogP contribution < -0.4 is 5.32 Å². The molecule has 0 bridgehead atoms. The Balaban J connectivity index is 0.00000264. The Labute approximate surface area is 130 Å². The fourth-order valence-corrected chi connectivity index (χ4v) is 2.31. The zero-order valence-corrected chi connectivity index (χ0v) is 12.4. The number of fused-ring (bicyclic) bond motifs is 1. The second kappa shape index (κ2) is 6.98. The first-order valence-electron chi connectivity index (χ1n) is 7.22. The SMILES string of the molecule is CC(=O)CCNC(=O)CCCN1C(=O)c2ccccc2C1=O.[HH]. The lowest BCUT2D eigenvalue weighted by atomic mass is 10.1. The number of carbonyl (C=O) groups is 4. The third kappa shape index (κ3) is 3.58. The van der Waals surface area contributed by atoms with E-state index in [2.05, 4.69) is 5.32 Å². The van der Waals surface area contributed by atoms with Gasteiger partial charge >= 0.3 is 0 Å². The Morgan fingerprint density at radius 1 is 1.09 bits per heavy atom. The van der Waals surface area contributed by atoms with Gasteiger partial charge in [-0.25, -0.2) is 0 Å². The lowest BCUT2D eigenvalue weighted by Crippen LogP contribution is -2.32. The first-order valence-corrected chi connectivity index (χ1v) is 7.22. The van der Waals surface area contributed by atoms with E-state index in [-0.39, 0.29) is 37.9 Å². The number of amides is 3. The highest BCUT2D eigenvalue weighted by atomic mass is 16.2. The summed E-state index contributed by atoms with van der Waals surface area (Å²) in [6, 6.07) is 6.69. The molecule has 118 valence electrons. The van der Waals surface area contributed by atoms with Gasteiger partial charge in [-0.05, 0) is 25.5 Å². The first kappa shape index (κ1) is 15.9. The second-order valence-corrected chi connectivity index (χ2v) is 5.21. The van der Waals surface area contributed by atoms with Crippen molar-refractivity contribution in [3.63, 3.8) is 0 Å². The van der Waals surface area contributed by atoms with Gasteiger partial charge in [-0.15, -0.1) is 0 Å². The number of nitrogens with zero attached hydrogens (tertiary/aromatic N) is 1. The van der Waals surface area contributed by atoms with E-state index >= 15 is 0 Å². The van der Waals surface area contributed by atoms with Crippen LogP contribution in [0.5, 0.6) is 0 Å². The average molecular weight is 304 g/mol. The summed E-state index contributed by atoms with van der Waals surface area (Å²) in [7, 11) is 0. The maximum atomic E-state index is 12.1. The Bertz CT molecular complexity index is 595. The van der Waals surface area contributed by atoms with Crippen LogP contribution >= 0.6 is 0 Å². The molecule has 3 amide bonds. The minimum atomic E-state index is -0.308. The quantitative estimate of drug-likeness (QED) is 0.772. The number of hydrogen-bond acceptors (Lipinski definition) is 4. The minimum Gasteiger partial charge on any atom is -0.356 e. The summed E-state index contributed by atoms with van der Waals surface area (Å²) < 4.78 is 0. The number of rotatable bonds is 7. The van der Waals surface area contributed by atoms with Gasteiger partial charge in [0.2, 0.25) is 5.91 Å². The molecule has 0 aliphatic carbocycles. The van der Waals surface area contributed by atoms with Crippen molar-refractivity contribution in [2.24, 2.45) is 0 Å². The smallest absolute Gasteiger partial charge is 0.261 e. The highest BCUT2D eigenvalue weighted by Crippen LogP contribution is 2.22. The standard InChI is InChI=1S/C16H18N2O4.H2/c1-11(19)8-9-17-14(20)7-4-10-18-15(21)12-5-2-3-6-13(12)16(18)22;/h2-3,5-6H,4,7-10H2,1H3,(H,17,20);1H. The van der Waals surface area contributed by atoms with Crippen LogP contribution in [0.3, 0.4) is 0 Å². The summed E-state index contributed by atoms with van der Waals surface area (Å²) in [5.41, 5.74) is 0.830. The molecule has 6 heteroatoms. The zero-order chi connectivity index (χ0) is 16.1. The van der Waals surface area contributed by atoms with Gasteiger partial charge in [0.25, 0.3) is 11.8 Å². The van der Waals surface area contributed by atoms with E-state index in [9.17, 15) is 19.2 Å². The summed E-state index contributed by atoms with van der Waals surface area (Å²) >= 11 is 0. The Morgan fingerprint density at radius 2 is 1.68 bits per heavy atom. The molecule has 0 radical (unpaired) electrons. The predicted molar refractivity (Wildman–Crippen MR) is 81.5 cm³/mol. The van der Waals surface area contributed by atoms with Crippen molar-refractivity contribution in [3.05, 3.63) is 35.4 Å². The molecule has 1 heterocycles. The molecular weight excluding hydrogens is 284 g/mol. The van der Waals surface area contributed by atoms with E-state index in [4.69, 9.17) is 0 Å². The molecule has 0 unspecified atom stereocenters. The number of nitrogens with one attached hydrogen (secondary N) is 1. The van der Waals surface area contributed by atoms with E-state index in [0.717, 1.165) is 0 Å². The lowest BCUT2D eigenvalue weighted by Gasteiger charge is -2.13. The van der Waals surface area contributed by atoms with Gasteiger partial charge in [-0.2, -0.15) is 0 Å². The van der Waals surface area contributed by atoms with Crippen molar-refractivity contribution in [2.75, 3.05) is 13.1 Å². The average Bonchev–Trinajstić information content (AvgIpc) is 2.72. The Morgan fingerprint density at radius 3 is 2.23 bits per heavy atom. The number of carbonyl (C=O) groups excluding carboxylic acids is 4. The molecule has 0 saturated carbocycles. The highest BCUT2D eigenvalue weighted by Gasteiger charge is 2.34. The van der Waals surface area contributed by atoms with Gasteiger partial charge < -0.3 is 5.32 Å². The maximum absolute atomic E-state index is 12.1. The normalized spacial score (nSPS) is 13.2. The number of benzene rings is 1. The number of imide groups is 1. The van der Waals surface area contributed by atoms with Crippen molar-refractivity contribution >= 4 is 23.5 Å². The third-order valence-electron chi connectivity index (χ3n) is 3.46. The van der Waals surface area contributed by atoms with Gasteiger partial charge in [-0.1, -0.05) is 12.1 Å². The lowest BCUT2D eigenvalue weighted by molar-refractivity contribution is -0.121. The number of Topliss-reactive ketones (excluding diaryl/α,β-unsaturated/α-hetero) is 1. The van der Waals surface area contributed by atoms with Crippen LogP contribution in [0.25, 0.3) is 0 Å². The fraction of sp³-hybridized carbons (Fsp3) is 0.375. The van der Waals surface area contributed by atoms with E-state index in [1.807, 2.05) is 0 Å². The van der Waals surface area contributed by atoms with E-state index < -0.39 is 0 Å². The van der Waals surface area contributed by atoms with Crippen LogP contribution in [0.4, 0.5) is 0 Å². The van der Waals surface area contributed by atoms with Crippen molar-refractivity contribution < 1.29 is 20.6 Å². The summed E-state index contributed by atoms with van der Waals surface area (Å²) in [4.78, 5) is 47.7. The topological polar surface area (TPSA) is 83.6 Å². The number of hydrogen-bond donors (Lipinski definition) is 1. The van der Waals surface area contributed by atoms with Crippen molar-refractivity contribution in [1.82, 2.24) is 10.2 Å². The highest BCUT2D eigenvalue weighted by molar-refractivity contribution is 6.21. The van der Waals surface area contributed by atoms with Crippen molar-refractivity contribution in [2.45, 2.75) is 26.2 Å². The largest absolute Gasteiger partial charge is 0.356 e. The molecule has 1 aromatic rings. The molecule has 0 saturated heterocycles. The third-order valence-corrected chi connectivity index (χ3v) is 3.46. The van der Waals surface area contributed by atoms with E-state index in [0.29, 0.717) is 30.5 Å². The van der Waals surface area contributed by atoms with Crippen LogP contribution in [0, 0.1) is 0 Å². The van der Waals surface area contributed by atoms with Gasteiger partial charge in [0, 0.05) is 27.4 Å². The predicted octanol–water partition coefficient (Wildman–Crippen LogP) is 1.40. The molecule has 0 atom stereocenters. The number of ketones is 1. The summed E-state index contributed by atoms with van der Waals surface area (Å²) in [6.45, 7) is 2.00. The van der Waals surface area contributed by atoms with Crippen molar-refractivity contribution in [1.29, 1.82) is 0 Å². The molecule has 0 fully saturated rings. The van der Waals surface area contributed by atoms with Crippen LogP contribution in [-0.4, -0.2) is 41.5 Å². The molecule has 0 spiro atoms. The van der Waals surface area contributed by atoms with E-state index in [1.54, 1.807) is 24.3 Å². The monoisotopic (exact) mass is 304 g/mol. The molecule has 1 aliphatic rings. The molecule has 1 aliphatic heterocycles. The molecular formula is C16H20N2O4. The van der Waals surface area contributed by atoms with Crippen LogP contribution in [0.1, 0.15) is 48.3 Å². The summed E-state index contributed by atoms with van der Waals surface area (Å²) in [6.07, 6.45) is 0.923. The molecule has 22 heavy (non-hydrogen) atoms. The molecule has 1 N–H and O–H groups in total. The Kier molecular flexibility index (Phi) is 5.04. The summed E-state index contributed by atoms with van der Waals surface area (Å²) in [5, 5.41) is 2.63. The van der Waals surface area contributed by atoms with Gasteiger partial charge in [0.1, 0.15) is 5.78 Å². The molecule has 6 nitrogen and oxygen atoms in total. The summed E-state index contributed by atoms with van der Waals surface area (Å²) in [5.74, 6) is -0.778. The fourth-order valence-electron chi connectivity index (χ4n) is 2.31. The Hall–Kier alpha value is -2.50. The molecule has 2 rings (SSSR count). The first-order chi connectivity index (χ1) is 10.5. The van der Waals surface area contributed by atoms with Crippen molar-refractivity contribution in [3.8, 4) is 0 Å². The van der Waals surface area contributed by atoms with E-state index in [1.165, 1.54) is 11.8 Å². The zero-order valence-electron chi connectivity index (χ0n) is 12.4. The second-order valence-electron chi connectivity index (χ2n) is 5.21. The van der Waals surface area contributed by atoms with Crippen LogP contribution in [0.15, 0.2) is 24.3 Å². The van der Waals surface area contributed by atoms with Crippen LogP contribution in [0.2, 0.25) is 0 Å². The molecule has 0 aromatic heterocycles. The van der Waals surface area contributed by atoms with Crippen LogP contribution in [-0.2, 0) is 9.59 Å².